The predicted molar refractivity (Wildman–Crippen MR) is 130 cm³/mol. The Bertz CT molecular complexity index is 1040. The van der Waals surface area contributed by atoms with Gasteiger partial charge in [0.2, 0.25) is 5.91 Å². The van der Waals surface area contributed by atoms with E-state index in [-0.39, 0.29) is 5.92 Å². The fourth-order valence-corrected chi connectivity index (χ4v) is 5.41. The third kappa shape index (κ3) is 4.61. The van der Waals surface area contributed by atoms with Crippen molar-refractivity contribution in [3.8, 4) is 0 Å². The van der Waals surface area contributed by atoms with Crippen LogP contribution in [0, 0.1) is 11.8 Å². The molecule has 4 nitrogen and oxygen atoms in total. The van der Waals surface area contributed by atoms with E-state index in [1.165, 1.54) is 22.2 Å². The SMILES string of the molecule is CC1CCN(C(=O)C2CCN(Cc3cc4ccccc4n3Cc3ccccc3)CC2)CC1. The van der Waals surface area contributed by atoms with Gasteiger partial charge in [-0.3, -0.25) is 9.69 Å². The number of amides is 1. The fourth-order valence-electron chi connectivity index (χ4n) is 5.41. The van der Waals surface area contributed by atoms with Gasteiger partial charge in [0.15, 0.2) is 0 Å². The summed E-state index contributed by atoms with van der Waals surface area (Å²) in [6.07, 6.45) is 4.31. The summed E-state index contributed by atoms with van der Waals surface area (Å²) in [5.41, 5.74) is 4.00. The van der Waals surface area contributed by atoms with Crippen molar-refractivity contribution in [1.82, 2.24) is 14.4 Å². The maximum atomic E-state index is 13.0. The molecule has 3 aromatic rings. The maximum Gasteiger partial charge on any atom is 0.225 e. The molecule has 32 heavy (non-hydrogen) atoms. The quantitative estimate of drug-likeness (QED) is 0.560. The molecule has 0 bridgehead atoms. The molecule has 0 N–H and O–H groups in total. The van der Waals surface area contributed by atoms with Crippen LogP contribution in [0.1, 0.15) is 43.9 Å². The van der Waals surface area contributed by atoms with E-state index in [0.717, 1.165) is 70.9 Å². The van der Waals surface area contributed by atoms with Gasteiger partial charge in [-0.05, 0) is 67.8 Å². The number of likely N-dealkylation sites (tertiary alicyclic amines) is 2. The molecule has 0 atom stereocenters. The minimum atomic E-state index is 0.217. The van der Waals surface area contributed by atoms with Crippen molar-refractivity contribution in [2.45, 2.75) is 45.7 Å². The zero-order valence-corrected chi connectivity index (χ0v) is 19.2. The standard InChI is InChI=1S/C28H35N3O/c1-22-11-17-30(18-12-22)28(32)24-13-15-29(16-14-24)21-26-19-25-9-5-6-10-27(25)31(26)20-23-7-3-2-4-8-23/h2-10,19,22,24H,11-18,20-21H2,1H3. The largest absolute Gasteiger partial charge is 0.342 e. The topological polar surface area (TPSA) is 28.5 Å². The molecule has 0 radical (unpaired) electrons. The molecule has 168 valence electrons. The zero-order valence-electron chi connectivity index (χ0n) is 19.2. The highest BCUT2D eigenvalue weighted by Crippen LogP contribution is 2.27. The van der Waals surface area contributed by atoms with E-state index in [4.69, 9.17) is 0 Å². The monoisotopic (exact) mass is 429 g/mol. The Balaban J connectivity index is 1.25. The van der Waals surface area contributed by atoms with Crippen LogP contribution in [0.5, 0.6) is 0 Å². The number of para-hydroxylation sites is 1. The van der Waals surface area contributed by atoms with E-state index in [1.54, 1.807) is 0 Å². The first-order valence-corrected chi connectivity index (χ1v) is 12.3. The average molecular weight is 430 g/mol. The lowest BCUT2D eigenvalue weighted by Gasteiger charge is -2.36. The number of nitrogens with zero attached hydrogens (tertiary/aromatic N) is 3. The lowest BCUT2D eigenvalue weighted by atomic mass is 9.92. The van der Waals surface area contributed by atoms with Crippen molar-refractivity contribution >= 4 is 16.8 Å². The van der Waals surface area contributed by atoms with Gasteiger partial charge in [0.05, 0.1) is 0 Å². The predicted octanol–water partition coefficient (Wildman–Crippen LogP) is 5.16. The van der Waals surface area contributed by atoms with Crippen LogP contribution in [0.25, 0.3) is 10.9 Å². The van der Waals surface area contributed by atoms with Crippen LogP contribution < -0.4 is 0 Å². The number of rotatable bonds is 5. The summed E-state index contributed by atoms with van der Waals surface area (Å²) in [4.78, 5) is 17.7. The van der Waals surface area contributed by atoms with E-state index < -0.39 is 0 Å². The molecule has 4 heteroatoms. The van der Waals surface area contributed by atoms with Crippen molar-refractivity contribution in [3.63, 3.8) is 0 Å². The number of aromatic nitrogens is 1. The molecule has 0 unspecified atom stereocenters. The van der Waals surface area contributed by atoms with Gasteiger partial charge in [0.25, 0.3) is 0 Å². The van der Waals surface area contributed by atoms with Crippen molar-refractivity contribution in [3.05, 3.63) is 71.9 Å². The van der Waals surface area contributed by atoms with Crippen LogP contribution in [0.15, 0.2) is 60.7 Å². The number of hydrogen-bond acceptors (Lipinski definition) is 2. The molecule has 5 rings (SSSR count). The Hall–Kier alpha value is -2.59. The second-order valence-corrected chi connectivity index (χ2v) is 9.82. The van der Waals surface area contributed by atoms with Gasteiger partial charge in [0.1, 0.15) is 0 Å². The molecule has 0 spiro atoms. The van der Waals surface area contributed by atoms with Crippen molar-refractivity contribution in [2.75, 3.05) is 26.2 Å². The summed E-state index contributed by atoms with van der Waals surface area (Å²) in [6.45, 7) is 8.08. The molecule has 0 aliphatic carbocycles. The number of fused-ring (bicyclic) bond motifs is 1. The van der Waals surface area contributed by atoms with Crippen molar-refractivity contribution in [1.29, 1.82) is 0 Å². The maximum absolute atomic E-state index is 13.0. The van der Waals surface area contributed by atoms with Gasteiger partial charge in [0, 0.05) is 43.3 Å². The van der Waals surface area contributed by atoms with Crippen LogP contribution >= 0.6 is 0 Å². The molecule has 1 aromatic heterocycles. The van der Waals surface area contributed by atoms with E-state index in [1.807, 2.05) is 0 Å². The van der Waals surface area contributed by atoms with Gasteiger partial charge in [-0.25, -0.2) is 0 Å². The molecule has 2 aliphatic heterocycles. The van der Waals surface area contributed by atoms with E-state index in [9.17, 15) is 4.79 Å². The Kier molecular flexibility index (Phi) is 6.31. The first-order valence-electron chi connectivity index (χ1n) is 12.3. The molecular weight excluding hydrogens is 394 g/mol. The van der Waals surface area contributed by atoms with Crippen molar-refractivity contribution < 1.29 is 4.79 Å². The second-order valence-electron chi connectivity index (χ2n) is 9.82. The van der Waals surface area contributed by atoms with Gasteiger partial charge in [-0.1, -0.05) is 55.5 Å². The lowest BCUT2D eigenvalue weighted by Crippen LogP contribution is -2.45. The fraction of sp³-hybridized carbons (Fsp3) is 0.464. The van der Waals surface area contributed by atoms with Crippen LogP contribution in [0.3, 0.4) is 0 Å². The zero-order chi connectivity index (χ0) is 21.9. The summed E-state index contributed by atoms with van der Waals surface area (Å²) in [5.74, 6) is 1.40. The summed E-state index contributed by atoms with van der Waals surface area (Å²) in [5, 5.41) is 1.31. The normalized spacial score (nSPS) is 19.0. The third-order valence-electron chi connectivity index (χ3n) is 7.50. The molecular formula is C28H35N3O. The average Bonchev–Trinajstić information content (AvgIpc) is 3.17. The third-order valence-corrected chi connectivity index (χ3v) is 7.50. The Morgan fingerprint density at radius 2 is 1.53 bits per heavy atom. The smallest absolute Gasteiger partial charge is 0.225 e. The van der Waals surface area contributed by atoms with Crippen LogP contribution in [0.4, 0.5) is 0 Å². The van der Waals surface area contributed by atoms with E-state index in [0.29, 0.717) is 5.91 Å². The van der Waals surface area contributed by atoms with Gasteiger partial charge >= 0.3 is 0 Å². The Morgan fingerprint density at radius 1 is 0.844 bits per heavy atom. The highest BCUT2D eigenvalue weighted by Gasteiger charge is 2.30. The molecule has 1 amide bonds. The molecule has 2 saturated heterocycles. The van der Waals surface area contributed by atoms with E-state index >= 15 is 0 Å². The Morgan fingerprint density at radius 3 is 2.28 bits per heavy atom. The lowest BCUT2D eigenvalue weighted by molar-refractivity contribution is -0.138. The van der Waals surface area contributed by atoms with Crippen LogP contribution in [-0.2, 0) is 17.9 Å². The van der Waals surface area contributed by atoms with E-state index in [2.05, 4.69) is 82.0 Å². The first-order chi connectivity index (χ1) is 15.7. The second kappa shape index (κ2) is 9.50. The highest BCUT2D eigenvalue weighted by molar-refractivity contribution is 5.81. The number of piperidine rings is 2. The number of benzene rings is 2. The highest BCUT2D eigenvalue weighted by atomic mass is 16.2. The van der Waals surface area contributed by atoms with Gasteiger partial charge in [-0.2, -0.15) is 0 Å². The minimum Gasteiger partial charge on any atom is -0.342 e. The number of carbonyl (C=O) groups excluding carboxylic acids is 1. The Labute approximate surface area is 191 Å². The van der Waals surface area contributed by atoms with Gasteiger partial charge < -0.3 is 9.47 Å². The summed E-state index contributed by atoms with van der Waals surface area (Å²) >= 11 is 0. The summed E-state index contributed by atoms with van der Waals surface area (Å²) < 4.78 is 2.47. The van der Waals surface area contributed by atoms with Crippen LogP contribution in [0.2, 0.25) is 0 Å². The molecule has 3 heterocycles. The number of hydrogen-bond donors (Lipinski definition) is 0. The molecule has 2 aromatic carbocycles. The van der Waals surface area contributed by atoms with Gasteiger partial charge in [-0.15, -0.1) is 0 Å². The molecule has 0 saturated carbocycles. The van der Waals surface area contributed by atoms with Crippen LogP contribution in [-0.4, -0.2) is 46.5 Å². The summed E-state index contributed by atoms with van der Waals surface area (Å²) in [7, 11) is 0. The number of carbonyl (C=O) groups is 1. The summed E-state index contributed by atoms with van der Waals surface area (Å²) in [6, 6.07) is 21.8. The molecule has 2 aliphatic rings. The molecule has 2 fully saturated rings. The van der Waals surface area contributed by atoms with Crippen molar-refractivity contribution in [2.24, 2.45) is 11.8 Å². The minimum absolute atomic E-state index is 0.217. The first kappa shape index (κ1) is 21.3.